The molecule has 2 aromatic heterocycles. The SMILES string of the molecule is CCn1c(=O)[nH]c(=O)c2[nH]c(-c3ccc(C)c(C)c3)nc21. The van der Waals surface area contributed by atoms with Crippen molar-refractivity contribution in [3.8, 4) is 11.4 Å². The molecule has 3 aromatic rings. The van der Waals surface area contributed by atoms with Crippen LogP contribution in [0, 0.1) is 13.8 Å². The lowest BCUT2D eigenvalue weighted by molar-refractivity contribution is 0.720. The molecule has 6 heteroatoms. The van der Waals surface area contributed by atoms with Gasteiger partial charge in [0.25, 0.3) is 5.56 Å². The van der Waals surface area contributed by atoms with Gasteiger partial charge in [-0.25, -0.2) is 9.78 Å². The van der Waals surface area contributed by atoms with Gasteiger partial charge >= 0.3 is 5.69 Å². The van der Waals surface area contributed by atoms with E-state index in [0.717, 1.165) is 11.1 Å². The number of nitrogens with zero attached hydrogens (tertiary/aromatic N) is 2. The molecular weight excluding hydrogens is 268 g/mol. The number of hydrogen-bond donors (Lipinski definition) is 2. The molecular formula is C15H16N4O2. The molecule has 0 fully saturated rings. The van der Waals surface area contributed by atoms with Gasteiger partial charge in [-0.1, -0.05) is 12.1 Å². The van der Waals surface area contributed by atoms with Crippen molar-refractivity contribution in [3.05, 3.63) is 50.2 Å². The van der Waals surface area contributed by atoms with E-state index in [1.54, 1.807) is 0 Å². The van der Waals surface area contributed by atoms with E-state index in [-0.39, 0.29) is 0 Å². The highest BCUT2D eigenvalue weighted by atomic mass is 16.2. The number of fused-ring (bicyclic) bond motifs is 1. The van der Waals surface area contributed by atoms with Gasteiger partial charge in [-0.15, -0.1) is 0 Å². The van der Waals surface area contributed by atoms with Crippen LogP contribution in [0.4, 0.5) is 0 Å². The first kappa shape index (κ1) is 13.4. The average molecular weight is 284 g/mol. The Morgan fingerprint density at radius 2 is 1.90 bits per heavy atom. The fourth-order valence-electron chi connectivity index (χ4n) is 2.36. The minimum atomic E-state index is -0.442. The van der Waals surface area contributed by atoms with Gasteiger partial charge in [0, 0.05) is 12.1 Å². The van der Waals surface area contributed by atoms with E-state index in [2.05, 4.69) is 15.0 Å². The van der Waals surface area contributed by atoms with E-state index in [1.165, 1.54) is 10.1 Å². The Kier molecular flexibility index (Phi) is 3.01. The zero-order valence-corrected chi connectivity index (χ0v) is 12.2. The normalized spacial score (nSPS) is 11.2. The van der Waals surface area contributed by atoms with Gasteiger partial charge in [-0.3, -0.25) is 14.3 Å². The lowest BCUT2D eigenvalue weighted by Gasteiger charge is -2.02. The molecule has 21 heavy (non-hydrogen) atoms. The maximum absolute atomic E-state index is 11.9. The van der Waals surface area contributed by atoms with Crippen LogP contribution in [0.5, 0.6) is 0 Å². The molecule has 2 N–H and O–H groups in total. The predicted molar refractivity (Wildman–Crippen MR) is 81.6 cm³/mol. The number of nitrogens with one attached hydrogen (secondary N) is 2. The summed E-state index contributed by atoms with van der Waals surface area (Å²) in [6, 6.07) is 5.97. The van der Waals surface area contributed by atoms with Crippen molar-refractivity contribution in [2.45, 2.75) is 27.3 Å². The number of aryl methyl sites for hydroxylation is 3. The van der Waals surface area contributed by atoms with Gasteiger partial charge in [0.1, 0.15) is 11.3 Å². The van der Waals surface area contributed by atoms with Gasteiger partial charge in [0.2, 0.25) is 0 Å². The summed E-state index contributed by atoms with van der Waals surface area (Å²) < 4.78 is 1.44. The quantitative estimate of drug-likeness (QED) is 0.751. The maximum atomic E-state index is 11.9. The minimum absolute atomic E-state index is 0.324. The lowest BCUT2D eigenvalue weighted by atomic mass is 10.1. The van der Waals surface area contributed by atoms with Crippen molar-refractivity contribution >= 4 is 11.2 Å². The Balaban J connectivity index is 2.30. The smallest absolute Gasteiger partial charge is 0.330 e. The van der Waals surface area contributed by atoms with E-state index in [1.807, 2.05) is 39.0 Å². The number of benzene rings is 1. The van der Waals surface area contributed by atoms with Crippen LogP contribution in [0.25, 0.3) is 22.6 Å². The molecule has 0 aliphatic carbocycles. The molecule has 0 amide bonds. The second kappa shape index (κ2) is 4.73. The lowest BCUT2D eigenvalue weighted by Crippen LogP contribution is -2.29. The summed E-state index contributed by atoms with van der Waals surface area (Å²) in [4.78, 5) is 33.4. The van der Waals surface area contributed by atoms with Crippen LogP contribution < -0.4 is 11.2 Å². The number of H-pyrrole nitrogens is 2. The van der Waals surface area contributed by atoms with Crippen molar-refractivity contribution < 1.29 is 0 Å². The molecule has 0 saturated heterocycles. The molecule has 3 rings (SSSR count). The van der Waals surface area contributed by atoms with Gasteiger partial charge in [-0.05, 0) is 38.0 Å². The summed E-state index contributed by atoms with van der Waals surface area (Å²) in [5.41, 5.74) is 3.07. The molecule has 1 aromatic carbocycles. The molecule has 0 bridgehead atoms. The topological polar surface area (TPSA) is 83.5 Å². The first-order valence-electron chi connectivity index (χ1n) is 6.81. The Hall–Kier alpha value is -2.63. The molecule has 0 spiro atoms. The highest BCUT2D eigenvalue weighted by molar-refractivity contribution is 5.75. The first-order valence-corrected chi connectivity index (χ1v) is 6.81. The Bertz CT molecular complexity index is 946. The van der Waals surface area contributed by atoms with Crippen LogP contribution in [-0.2, 0) is 6.54 Å². The van der Waals surface area contributed by atoms with Gasteiger partial charge < -0.3 is 4.98 Å². The predicted octanol–water partition coefficient (Wildman–Crippen LogP) is 1.72. The third-order valence-corrected chi connectivity index (χ3v) is 3.73. The summed E-state index contributed by atoms with van der Waals surface area (Å²) >= 11 is 0. The van der Waals surface area contributed by atoms with E-state index in [0.29, 0.717) is 23.5 Å². The van der Waals surface area contributed by atoms with Crippen LogP contribution in [0.2, 0.25) is 0 Å². The Morgan fingerprint density at radius 3 is 2.57 bits per heavy atom. The molecule has 0 aliphatic heterocycles. The van der Waals surface area contributed by atoms with Crippen LogP contribution >= 0.6 is 0 Å². The molecule has 0 saturated carbocycles. The summed E-state index contributed by atoms with van der Waals surface area (Å²) in [6.07, 6.45) is 0. The second-order valence-corrected chi connectivity index (χ2v) is 5.09. The number of aromatic amines is 2. The van der Waals surface area contributed by atoms with Crippen LogP contribution in [-0.4, -0.2) is 19.5 Å². The molecule has 108 valence electrons. The van der Waals surface area contributed by atoms with Crippen LogP contribution in [0.3, 0.4) is 0 Å². The molecule has 0 aliphatic rings. The van der Waals surface area contributed by atoms with Crippen molar-refractivity contribution in [2.75, 3.05) is 0 Å². The third kappa shape index (κ3) is 2.08. The molecule has 6 nitrogen and oxygen atoms in total. The first-order chi connectivity index (χ1) is 10.0. The maximum Gasteiger partial charge on any atom is 0.330 e. The molecule has 2 heterocycles. The fraction of sp³-hybridized carbons (Fsp3) is 0.267. The number of hydrogen-bond acceptors (Lipinski definition) is 3. The standard InChI is InChI=1S/C15H16N4O2/c1-4-19-13-11(14(20)18-15(19)21)16-12(17-13)10-6-5-8(2)9(3)7-10/h5-7H,4H2,1-3H3,(H,16,17)(H,18,20,21). The van der Waals surface area contributed by atoms with Crippen molar-refractivity contribution in [2.24, 2.45) is 0 Å². The monoisotopic (exact) mass is 284 g/mol. The summed E-state index contributed by atoms with van der Waals surface area (Å²) in [5.74, 6) is 0.589. The van der Waals surface area contributed by atoms with Gasteiger partial charge in [-0.2, -0.15) is 0 Å². The highest BCUT2D eigenvalue weighted by Gasteiger charge is 2.13. The summed E-state index contributed by atoms with van der Waals surface area (Å²) in [5, 5.41) is 0. The number of rotatable bonds is 2. The van der Waals surface area contributed by atoms with Crippen molar-refractivity contribution in [3.63, 3.8) is 0 Å². The zero-order chi connectivity index (χ0) is 15.1. The van der Waals surface area contributed by atoms with Gasteiger partial charge in [0.05, 0.1) is 0 Å². The van der Waals surface area contributed by atoms with Crippen molar-refractivity contribution in [1.29, 1.82) is 0 Å². The highest BCUT2D eigenvalue weighted by Crippen LogP contribution is 2.21. The summed E-state index contributed by atoms with van der Waals surface area (Å²) in [6.45, 7) is 6.35. The Labute approximate surface area is 120 Å². The van der Waals surface area contributed by atoms with E-state index in [4.69, 9.17) is 0 Å². The number of aromatic nitrogens is 4. The summed E-state index contributed by atoms with van der Waals surface area (Å²) in [7, 11) is 0. The Morgan fingerprint density at radius 1 is 1.14 bits per heavy atom. The fourth-order valence-corrected chi connectivity index (χ4v) is 2.36. The average Bonchev–Trinajstić information content (AvgIpc) is 2.87. The van der Waals surface area contributed by atoms with E-state index >= 15 is 0 Å². The second-order valence-electron chi connectivity index (χ2n) is 5.09. The van der Waals surface area contributed by atoms with E-state index < -0.39 is 11.2 Å². The largest absolute Gasteiger partial charge is 0.332 e. The molecule has 0 unspecified atom stereocenters. The van der Waals surface area contributed by atoms with E-state index in [9.17, 15) is 9.59 Å². The van der Waals surface area contributed by atoms with Crippen LogP contribution in [0.1, 0.15) is 18.1 Å². The van der Waals surface area contributed by atoms with Gasteiger partial charge in [0.15, 0.2) is 5.65 Å². The molecule has 0 radical (unpaired) electrons. The zero-order valence-electron chi connectivity index (χ0n) is 12.2. The van der Waals surface area contributed by atoms with Crippen molar-refractivity contribution in [1.82, 2.24) is 19.5 Å². The minimum Gasteiger partial charge on any atom is -0.332 e. The molecule has 0 atom stereocenters. The number of imidazole rings is 1. The third-order valence-electron chi connectivity index (χ3n) is 3.73. The van der Waals surface area contributed by atoms with Crippen LogP contribution in [0.15, 0.2) is 27.8 Å².